The van der Waals surface area contributed by atoms with Gasteiger partial charge in [0.2, 0.25) is 5.91 Å². The predicted octanol–water partition coefficient (Wildman–Crippen LogP) is 2.42. The van der Waals surface area contributed by atoms with Crippen LogP contribution in [-0.2, 0) is 14.9 Å². The fourth-order valence-electron chi connectivity index (χ4n) is 2.96. The number of halogens is 2. The lowest BCUT2D eigenvalue weighted by molar-refractivity contribution is -0.131. The van der Waals surface area contributed by atoms with Crippen molar-refractivity contribution in [3.05, 3.63) is 34.9 Å². The molecule has 22 heavy (non-hydrogen) atoms. The zero-order valence-electron chi connectivity index (χ0n) is 12.4. The van der Waals surface area contributed by atoms with E-state index in [0.29, 0.717) is 13.1 Å². The first-order valence-electron chi connectivity index (χ1n) is 7.52. The molecule has 3 N–H and O–H groups in total. The Balaban J connectivity index is 0.00000176. The minimum atomic E-state index is -0.334. The largest absolute Gasteiger partial charge is 0.364 e. The number of ether oxygens (including phenoxy) is 1. The number of carbonyl (C=O) groups is 1. The van der Waals surface area contributed by atoms with Gasteiger partial charge in [-0.3, -0.25) is 4.79 Å². The van der Waals surface area contributed by atoms with Gasteiger partial charge in [0.1, 0.15) is 6.10 Å². The summed E-state index contributed by atoms with van der Waals surface area (Å²) in [5, 5.41) is 3.79. The molecule has 1 saturated carbocycles. The van der Waals surface area contributed by atoms with Gasteiger partial charge in [-0.2, -0.15) is 0 Å². The lowest BCUT2D eigenvalue weighted by Gasteiger charge is -2.19. The molecule has 2 fully saturated rings. The van der Waals surface area contributed by atoms with Crippen molar-refractivity contribution in [2.75, 3.05) is 13.1 Å². The summed E-state index contributed by atoms with van der Waals surface area (Å²) >= 11 is 5.93. The average Bonchev–Trinajstić information content (AvgIpc) is 3.13. The van der Waals surface area contributed by atoms with E-state index in [4.69, 9.17) is 22.1 Å². The molecule has 0 radical (unpaired) electrons. The molecule has 1 aliphatic carbocycles. The van der Waals surface area contributed by atoms with Crippen molar-refractivity contribution in [3.8, 4) is 0 Å². The van der Waals surface area contributed by atoms with Crippen molar-refractivity contribution < 1.29 is 9.53 Å². The van der Waals surface area contributed by atoms with Gasteiger partial charge >= 0.3 is 0 Å². The lowest BCUT2D eigenvalue weighted by Crippen LogP contribution is -2.39. The van der Waals surface area contributed by atoms with Gasteiger partial charge in [0, 0.05) is 23.5 Å². The lowest BCUT2D eigenvalue weighted by atomic mass is 9.96. The van der Waals surface area contributed by atoms with E-state index in [9.17, 15) is 4.79 Å². The van der Waals surface area contributed by atoms with Crippen molar-refractivity contribution in [1.29, 1.82) is 0 Å². The molecule has 1 amide bonds. The van der Waals surface area contributed by atoms with Crippen LogP contribution in [0.25, 0.3) is 0 Å². The quantitative estimate of drug-likeness (QED) is 0.861. The van der Waals surface area contributed by atoms with E-state index in [1.165, 1.54) is 5.56 Å². The van der Waals surface area contributed by atoms with Crippen molar-refractivity contribution >= 4 is 29.9 Å². The zero-order chi connectivity index (χ0) is 14.9. The van der Waals surface area contributed by atoms with Gasteiger partial charge in [-0.25, -0.2) is 0 Å². The number of rotatable bonds is 5. The van der Waals surface area contributed by atoms with Crippen LogP contribution in [0.2, 0.25) is 5.02 Å². The standard InChI is InChI=1S/C16H21ClN2O2.ClH/c17-12-3-1-11(2-4-12)16(7-8-16)10-19-15(20)14-6-5-13(9-18)21-14;/h1-4,13-14H,5-10,18H2,(H,19,20);1H/t13-,14+;/m1./s1. The van der Waals surface area contributed by atoms with E-state index in [1.807, 2.05) is 12.1 Å². The summed E-state index contributed by atoms with van der Waals surface area (Å²) in [5.74, 6) is -0.00816. The molecule has 0 aromatic heterocycles. The van der Waals surface area contributed by atoms with E-state index in [0.717, 1.165) is 30.7 Å². The summed E-state index contributed by atoms with van der Waals surface area (Å²) < 4.78 is 5.62. The molecule has 122 valence electrons. The molecular weight excluding hydrogens is 323 g/mol. The second kappa shape index (κ2) is 7.18. The molecule has 3 rings (SSSR count). The van der Waals surface area contributed by atoms with Crippen LogP contribution >= 0.6 is 24.0 Å². The highest BCUT2D eigenvalue weighted by Gasteiger charge is 2.44. The molecule has 4 nitrogen and oxygen atoms in total. The Hall–Kier alpha value is -0.810. The Kier molecular flexibility index (Phi) is 5.72. The highest BCUT2D eigenvalue weighted by molar-refractivity contribution is 6.30. The van der Waals surface area contributed by atoms with Gasteiger partial charge in [-0.05, 0) is 43.4 Å². The summed E-state index contributed by atoms with van der Waals surface area (Å²) in [7, 11) is 0. The molecule has 1 aliphatic heterocycles. The van der Waals surface area contributed by atoms with Gasteiger partial charge in [0.15, 0.2) is 0 Å². The van der Waals surface area contributed by atoms with Gasteiger partial charge in [0.25, 0.3) is 0 Å². The van der Waals surface area contributed by atoms with Crippen LogP contribution in [0.15, 0.2) is 24.3 Å². The topological polar surface area (TPSA) is 64.4 Å². The van der Waals surface area contributed by atoms with E-state index in [1.54, 1.807) is 0 Å². The first kappa shape index (κ1) is 17.5. The van der Waals surface area contributed by atoms with E-state index >= 15 is 0 Å². The number of hydrogen-bond donors (Lipinski definition) is 2. The van der Waals surface area contributed by atoms with E-state index in [-0.39, 0.29) is 35.9 Å². The van der Waals surface area contributed by atoms with Crippen LogP contribution in [0.3, 0.4) is 0 Å². The minimum Gasteiger partial charge on any atom is -0.364 e. The van der Waals surface area contributed by atoms with Gasteiger partial charge in [0.05, 0.1) is 6.10 Å². The monoisotopic (exact) mass is 344 g/mol. The molecule has 6 heteroatoms. The third-order valence-corrected chi connectivity index (χ3v) is 4.83. The van der Waals surface area contributed by atoms with Gasteiger partial charge in [-0.1, -0.05) is 23.7 Å². The zero-order valence-corrected chi connectivity index (χ0v) is 14.0. The first-order valence-corrected chi connectivity index (χ1v) is 7.90. The van der Waals surface area contributed by atoms with Crippen molar-refractivity contribution in [2.45, 2.75) is 43.3 Å². The number of amides is 1. The van der Waals surface area contributed by atoms with Gasteiger partial charge < -0.3 is 15.8 Å². The van der Waals surface area contributed by atoms with Crippen LogP contribution in [0.4, 0.5) is 0 Å². The first-order chi connectivity index (χ1) is 10.1. The summed E-state index contributed by atoms with van der Waals surface area (Å²) in [6.07, 6.45) is 3.54. The number of nitrogens with one attached hydrogen (secondary N) is 1. The van der Waals surface area contributed by atoms with Crippen LogP contribution < -0.4 is 11.1 Å². The molecule has 2 atom stereocenters. The molecule has 0 unspecified atom stereocenters. The summed E-state index contributed by atoms with van der Waals surface area (Å²) in [6, 6.07) is 7.92. The number of carbonyl (C=O) groups excluding carboxylic acids is 1. The Morgan fingerprint density at radius 2 is 2.00 bits per heavy atom. The maximum atomic E-state index is 12.2. The van der Waals surface area contributed by atoms with Crippen LogP contribution in [0, 0.1) is 0 Å². The smallest absolute Gasteiger partial charge is 0.249 e. The Morgan fingerprint density at radius 1 is 1.32 bits per heavy atom. The maximum absolute atomic E-state index is 12.2. The SMILES string of the molecule is Cl.NC[C@H]1CC[C@@H](C(=O)NCC2(c3ccc(Cl)cc3)CC2)O1. The number of hydrogen-bond acceptors (Lipinski definition) is 3. The van der Waals surface area contributed by atoms with Crippen molar-refractivity contribution in [2.24, 2.45) is 5.73 Å². The molecular formula is C16H22Cl2N2O2. The van der Waals surface area contributed by atoms with Crippen LogP contribution in [0.5, 0.6) is 0 Å². The molecule has 0 bridgehead atoms. The Labute approximate surface area is 142 Å². The third kappa shape index (κ3) is 3.74. The second-order valence-electron chi connectivity index (χ2n) is 6.06. The summed E-state index contributed by atoms with van der Waals surface area (Å²) in [4.78, 5) is 12.2. The van der Waals surface area contributed by atoms with E-state index in [2.05, 4.69) is 17.4 Å². The second-order valence-corrected chi connectivity index (χ2v) is 6.50. The maximum Gasteiger partial charge on any atom is 0.249 e. The molecule has 1 heterocycles. The van der Waals surface area contributed by atoms with Crippen molar-refractivity contribution in [3.63, 3.8) is 0 Å². The van der Waals surface area contributed by atoms with Crippen molar-refractivity contribution in [1.82, 2.24) is 5.32 Å². The fourth-order valence-corrected chi connectivity index (χ4v) is 3.09. The normalized spacial score (nSPS) is 25.4. The fraction of sp³-hybridized carbons (Fsp3) is 0.562. The Morgan fingerprint density at radius 3 is 2.55 bits per heavy atom. The Bertz CT molecular complexity index is 517. The average molecular weight is 345 g/mol. The number of benzene rings is 1. The molecule has 1 aromatic carbocycles. The molecule has 0 spiro atoms. The van der Waals surface area contributed by atoms with Gasteiger partial charge in [-0.15, -0.1) is 12.4 Å². The third-order valence-electron chi connectivity index (χ3n) is 4.57. The highest BCUT2D eigenvalue weighted by atomic mass is 35.5. The predicted molar refractivity (Wildman–Crippen MR) is 89.6 cm³/mol. The molecule has 1 saturated heterocycles. The molecule has 1 aromatic rings. The minimum absolute atomic E-state index is 0. The summed E-state index contributed by atoms with van der Waals surface area (Å²) in [6.45, 7) is 1.15. The summed E-state index contributed by atoms with van der Waals surface area (Å²) in [5.41, 5.74) is 6.91. The molecule has 2 aliphatic rings. The number of nitrogens with two attached hydrogens (primary N) is 1. The highest BCUT2D eigenvalue weighted by Crippen LogP contribution is 2.47. The van der Waals surface area contributed by atoms with E-state index < -0.39 is 0 Å². The van der Waals surface area contributed by atoms with Crippen LogP contribution in [-0.4, -0.2) is 31.2 Å². The van der Waals surface area contributed by atoms with Crippen LogP contribution in [0.1, 0.15) is 31.2 Å².